The fourth-order valence-corrected chi connectivity index (χ4v) is 5.38. The minimum Gasteiger partial charge on any atom is -0.459 e. The van der Waals surface area contributed by atoms with Gasteiger partial charge in [-0.05, 0) is 49.9 Å². The fraction of sp³-hybridized carbons (Fsp3) is 0.316. The summed E-state index contributed by atoms with van der Waals surface area (Å²) in [6.07, 6.45) is 0.835. The second kappa shape index (κ2) is 17.6. The lowest BCUT2D eigenvalue weighted by atomic mass is 10.0. The van der Waals surface area contributed by atoms with Crippen LogP contribution in [0.4, 0.5) is 4.79 Å². The summed E-state index contributed by atoms with van der Waals surface area (Å²) in [5.74, 6) is -2.92. The molecule has 0 saturated carbocycles. The van der Waals surface area contributed by atoms with Gasteiger partial charge in [0.15, 0.2) is 0 Å². The molecule has 0 radical (unpaired) electrons. The van der Waals surface area contributed by atoms with E-state index in [0.717, 1.165) is 11.1 Å². The van der Waals surface area contributed by atoms with E-state index in [4.69, 9.17) is 15.2 Å². The van der Waals surface area contributed by atoms with Crippen LogP contribution in [-0.2, 0) is 52.9 Å². The molecule has 0 spiro atoms. The number of carbonyl (C=O) groups is 6. The molecule has 268 valence electrons. The zero-order valence-corrected chi connectivity index (χ0v) is 28.8. The summed E-state index contributed by atoms with van der Waals surface area (Å²) in [7, 11) is 0. The van der Waals surface area contributed by atoms with Gasteiger partial charge in [0, 0.05) is 30.8 Å². The summed E-state index contributed by atoms with van der Waals surface area (Å²) in [4.78, 5) is 77.7. The number of nitrogens with one attached hydrogen (secondary N) is 3. The van der Waals surface area contributed by atoms with Crippen molar-refractivity contribution in [2.24, 2.45) is 5.73 Å². The van der Waals surface area contributed by atoms with E-state index in [1.165, 1.54) is 4.57 Å². The Morgan fingerprint density at radius 3 is 1.98 bits per heavy atom. The van der Waals surface area contributed by atoms with E-state index in [0.29, 0.717) is 22.9 Å². The van der Waals surface area contributed by atoms with Crippen molar-refractivity contribution >= 4 is 47.1 Å². The highest BCUT2D eigenvalue weighted by atomic mass is 16.6. The number of para-hydroxylation sites is 1. The van der Waals surface area contributed by atoms with Crippen LogP contribution in [0.5, 0.6) is 0 Å². The minimum atomic E-state index is -1.32. The Hall–Kier alpha value is -5.98. The second-order valence-corrected chi connectivity index (χ2v) is 13.0. The van der Waals surface area contributed by atoms with E-state index in [-0.39, 0.29) is 32.3 Å². The van der Waals surface area contributed by atoms with Gasteiger partial charge in [-0.25, -0.2) is 9.59 Å². The number of ether oxygens (including phenoxy) is 2. The first-order valence-corrected chi connectivity index (χ1v) is 16.5. The zero-order valence-electron chi connectivity index (χ0n) is 28.8. The van der Waals surface area contributed by atoms with Crippen LogP contribution < -0.4 is 21.7 Å². The number of nitrogens with two attached hydrogens (primary N) is 1. The number of hydrogen-bond acceptors (Lipinski definition) is 8. The van der Waals surface area contributed by atoms with Crippen molar-refractivity contribution in [1.29, 1.82) is 0 Å². The first-order valence-electron chi connectivity index (χ1n) is 16.5. The van der Waals surface area contributed by atoms with Crippen molar-refractivity contribution in [1.82, 2.24) is 20.5 Å². The smallest absolute Gasteiger partial charge is 0.408 e. The molecule has 51 heavy (non-hydrogen) atoms. The van der Waals surface area contributed by atoms with Crippen molar-refractivity contribution in [3.63, 3.8) is 0 Å². The molecule has 1 aromatic heterocycles. The summed E-state index contributed by atoms with van der Waals surface area (Å²) in [5, 5.41) is 8.59. The van der Waals surface area contributed by atoms with Crippen molar-refractivity contribution in [3.8, 4) is 0 Å². The normalized spacial score (nSPS) is 12.9. The lowest BCUT2D eigenvalue weighted by Gasteiger charge is -2.26. The maximum absolute atomic E-state index is 14.2. The first kappa shape index (κ1) is 37.8. The molecule has 13 nitrogen and oxygen atoms in total. The number of esters is 1. The molecular formula is C38H43N5O8. The summed E-state index contributed by atoms with van der Waals surface area (Å²) >= 11 is 0. The maximum atomic E-state index is 14.2. The summed E-state index contributed by atoms with van der Waals surface area (Å²) in [5.41, 5.74) is 7.12. The van der Waals surface area contributed by atoms with Gasteiger partial charge in [-0.2, -0.15) is 0 Å². The SMILES string of the molecule is CC(C)(C)OC(=O)N[C@@H](CCC(N)=O)C(=O)N[C@H](Cc1cn(C=O)c2ccccc12)C(=O)N[C@H](Cc1ccccc1)C(=O)OCc1ccccc1. The average molecular weight is 698 g/mol. The van der Waals surface area contributed by atoms with Gasteiger partial charge >= 0.3 is 12.1 Å². The first-order chi connectivity index (χ1) is 24.3. The molecule has 0 fully saturated rings. The van der Waals surface area contributed by atoms with Gasteiger partial charge in [0.25, 0.3) is 0 Å². The Labute approximate surface area is 295 Å². The number of alkyl carbamates (subject to hydrolysis) is 1. The summed E-state index contributed by atoms with van der Waals surface area (Å²) < 4.78 is 12.3. The Bertz CT molecular complexity index is 1840. The Morgan fingerprint density at radius 2 is 1.35 bits per heavy atom. The van der Waals surface area contributed by atoms with Gasteiger partial charge in [0.05, 0.1) is 5.52 Å². The van der Waals surface area contributed by atoms with Crippen LogP contribution in [0, 0.1) is 0 Å². The number of rotatable bonds is 16. The topological polar surface area (TPSA) is 188 Å². The number of benzene rings is 3. The molecule has 13 heteroatoms. The Kier molecular flexibility index (Phi) is 13.1. The predicted octanol–water partition coefficient (Wildman–Crippen LogP) is 3.34. The Morgan fingerprint density at radius 1 is 0.765 bits per heavy atom. The van der Waals surface area contributed by atoms with E-state index in [1.807, 2.05) is 36.4 Å². The number of fused-ring (bicyclic) bond motifs is 1. The number of aromatic nitrogens is 1. The molecule has 0 saturated heterocycles. The molecule has 4 aromatic rings. The second-order valence-electron chi connectivity index (χ2n) is 13.0. The zero-order chi connectivity index (χ0) is 37.0. The number of primary amides is 1. The molecule has 4 amide bonds. The van der Waals surface area contributed by atoms with E-state index in [9.17, 15) is 28.8 Å². The molecule has 0 unspecified atom stereocenters. The molecule has 0 bridgehead atoms. The van der Waals surface area contributed by atoms with Crippen LogP contribution in [0.1, 0.15) is 50.3 Å². The third-order valence-corrected chi connectivity index (χ3v) is 7.79. The van der Waals surface area contributed by atoms with Gasteiger partial charge in [0.2, 0.25) is 24.1 Å². The quantitative estimate of drug-likeness (QED) is 0.101. The summed E-state index contributed by atoms with van der Waals surface area (Å²) in [6, 6.07) is 21.4. The van der Waals surface area contributed by atoms with Gasteiger partial charge in [-0.15, -0.1) is 0 Å². The Balaban J connectivity index is 1.65. The number of amides is 4. The highest BCUT2D eigenvalue weighted by Gasteiger charge is 2.32. The van der Waals surface area contributed by atoms with Crippen LogP contribution in [0.25, 0.3) is 10.9 Å². The molecule has 0 aliphatic heterocycles. The molecule has 4 rings (SSSR count). The highest BCUT2D eigenvalue weighted by molar-refractivity contribution is 5.95. The number of nitrogens with zero attached hydrogens (tertiary/aromatic N) is 1. The van der Waals surface area contributed by atoms with E-state index < -0.39 is 53.5 Å². The minimum absolute atomic E-state index is 0.0237. The van der Waals surface area contributed by atoms with Crippen molar-refractivity contribution in [2.75, 3.05) is 0 Å². The third-order valence-electron chi connectivity index (χ3n) is 7.79. The van der Waals surface area contributed by atoms with Crippen LogP contribution in [0.3, 0.4) is 0 Å². The standard InChI is InChI=1S/C38H43N5O8/c1-38(2,3)51-37(49)42-29(18-19-33(39)45)34(46)40-30(21-27-22-43(24-44)32-17-11-10-16-28(27)32)35(47)41-31(20-25-12-6-4-7-13-25)36(48)50-23-26-14-8-5-9-15-26/h4-17,22,24,29-31H,18-21,23H2,1-3H3,(H2,39,45)(H,40,46)(H,41,47)(H,42,49)/t29-,30+,31+/m0/s1. The lowest BCUT2D eigenvalue weighted by Crippen LogP contribution is -2.57. The fourth-order valence-electron chi connectivity index (χ4n) is 5.38. The highest BCUT2D eigenvalue weighted by Crippen LogP contribution is 2.22. The molecule has 1 heterocycles. The molecule has 3 atom stereocenters. The van der Waals surface area contributed by atoms with Gasteiger partial charge in [-0.3, -0.25) is 23.7 Å². The molecule has 3 aromatic carbocycles. The lowest BCUT2D eigenvalue weighted by molar-refractivity contribution is -0.149. The predicted molar refractivity (Wildman–Crippen MR) is 190 cm³/mol. The van der Waals surface area contributed by atoms with Crippen LogP contribution in [0.15, 0.2) is 91.1 Å². The molecule has 0 aliphatic carbocycles. The van der Waals surface area contributed by atoms with Gasteiger partial charge in [0.1, 0.15) is 30.3 Å². The molecular weight excluding hydrogens is 654 g/mol. The van der Waals surface area contributed by atoms with Crippen LogP contribution in [-0.4, -0.2) is 64.5 Å². The van der Waals surface area contributed by atoms with Gasteiger partial charge < -0.3 is 31.2 Å². The van der Waals surface area contributed by atoms with E-state index in [1.54, 1.807) is 75.5 Å². The van der Waals surface area contributed by atoms with Crippen molar-refractivity contribution in [2.45, 2.75) is 76.8 Å². The maximum Gasteiger partial charge on any atom is 0.408 e. The number of hydrogen-bond donors (Lipinski definition) is 4. The van der Waals surface area contributed by atoms with E-state index >= 15 is 0 Å². The van der Waals surface area contributed by atoms with Crippen LogP contribution >= 0.6 is 0 Å². The molecule has 0 aliphatic rings. The van der Waals surface area contributed by atoms with E-state index in [2.05, 4.69) is 16.0 Å². The largest absolute Gasteiger partial charge is 0.459 e. The third kappa shape index (κ3) is 11.6. The van der Waals surface area contributed by atoms with Crippen molar-refractivity contribution in [3.05, 3.63) is 108 Å². The average Bonchev–Trinajstić information content (AvgIpc) is 3.45. The van der Waals surface area contributed by atoms with Crippen LogP contribution in [0.2, 0.25) is 0 Å². The molecule has 5 N–H and O–H groups in total. The number of carbonyl (C=O) groups excluding carboxylic acids is 6. The van der Waals surface area contributed by atoms with Crippen molar-refractivity contribution < 1.29 is 38.2 Å². The monoisotopic (exact) mass is 697 g/mol. The van der Waals surface area contributed by atoms with Gasteiger partial charge in [-0.1, -0.05) is 78.9 Å². The summed E-state index contributed by atoms with van der Waals surface area (Å²) in [6.45, 7) is 4.93.